The third-order valence-electron chi connectivity index (χ3n) is 3.39. The normalized spacial score (nSPS) is 12.7. The first-order valence-electron chi connectivity index (χ1n) is 8.16. The molecule has 1 unspecified atom stereocenters. The van der Waals surface area contributed by atoms with Crippen molar-refractivity contribution in [3.63, 3.8) is 0 Å². The van der Waals surface area contributed by atoms with Gasteiger partial charge in [-0.15, -0.1) is 0 Å². The molecule has 0 saturated heterocycles. The second-order valence-corrected chi connectivity index (χ2v) is 11.9. The Morgan fingerprint density at radius 2 is 1.67 bits per heavy atom. The fourth-order valence-corrected chi connectivity index (χ4v) is 5.89. The van der Waals surface area contributed by atoms with Crippen LogP contribution in [0.1, 0.15) is 51.9 Å². The number of ether oxygens (including phenoxy) is 1. The average molecular weight is 400 g/mol. The minimum absolute atomic E-state index is 0.00170. The fraction of sp³-hybridized carbons (Fsp3) is 0.867. The Bertz CT molecular complexity index is 415. The van der Waals surface area contributed by atoms with Crippen molar-refractivity contribution in [2.45, 2.75) is 57.1 Å². The minimum Gasteiger partial charge on any atom is -0.468 e. The second kappa shape index (κ2) is 14.1. The van der Waals surface area contributed by atoms with Gasteiger partial charge in [-0.3, -0.25) is 9.59 Å². The second-order valence-electron chi connectivity index (χ2n) is 5.25. The van der Waals surface area contributed by atoms with Gasteiger partial charge >= 0.3 is 5.97 Å². The molecular weight excluding hydrogens is 369 g/mol. The number of methoxy groups -OCH3 is 1. The molecule has 142 valence electrons. The monoisotopic (exact) mass is 399 g/mol. The summed E-state index contributed by atoms with van der Waals surface area (Å²) in [4.78, 5) is 23.9. The smallest absolute Gasteiger partial charge is 0.319 e. The Morgan fingerprint density at radius 3 is 2.21 bits per heavy atom. The summed E-state index contributed by atoms with van der Waals surface area (Å²) in [6, 6.07) is 0. The predicted molar refractivity (Wildman–Crippen MR) is 103 cm³/mol. The predicted octanol–water partition coefficient (Wildman–Crippen LogP) is 3.65. The lowest BCUT2D eigenvalue weighted by Gasteiger charge is -2.21. The lowest BCUT2D eigenvalue weighted by atomic mass is 10.1. The molecule has 0 aliphatic rings. The number of nitrogens with one attached hydrogen (secondary N) is 1. The molecule has 1 N–H and O–H groups in total. The Kier molecular flexibility index (Phi) is 14.0. The van der Waals surface area contributed by atoms with Crippen LogP contribution < -0.4 is 5.32 Å². The van der Waals surface area contributed by atoms with Gasteiger partial charge in [-0.1, -0.05) is 50.4 Å². The Morgan fingerprint density at radius 1 is 1.08 bits per heavy atom. The van der Waals surface area contributed by atoms with Crippen LogP contribution >= 0.6 is 17.1 Å². The van der Waals surface area contributed by atoms with Gasteiger partial charge in [-0.25, -0.2) is 0 Å². The van der Waals surface area contributed by atoms with E-state index in [-0.39, 0.29) is 12.3 Å². The van der Waals surface area contributed by atoms with Crippen molar-refractivity contribution >= 4 is 40.8 Å². The maximum atomic E-state index is 12.0. The van der Waals surface area contributed by atoms with Gasteiger partial charge in [0.25, 0.3) is 0 Å². The zero-order valence-corrected chi connectivity index (χ0v) is 17.6. The molecule has 1 amide bonds. The zero-order valence-electron chi connectivity index (χ0n) is 15.0. The molecule has 24 heavy (non-hydrogen) atoms. The Balaban J connectivity index is 4.27. The van der Waals surface area contributed by atoms with Crippen LogP contribution in [0.4, 0.5) is 0 Å². The molecule has 6 nitrogen and oxygen atoms in total. The number of unbranched alkanes of at least 4 members (excludes halogenated alkanes) is 5. The van der Waals surface area contributed by atoms with Crippen molar-refractivity contribution in [2.24, 2.45) is 0 Å². The van der Waals surface area contributed by atoms with Gasteiger partial charge in [0.2, 0.25) is 11.6 Å². The van der Waals surface area contributed by atoms with Crippen LogP contribution in [0.3, 0.4) is 0 Å². The van der Waals surface area contributed by atoms with E-state index in [1.807, 2.05) is 0 Å². The van der Waals surface area contributed by atoms with Crippen LogP contribution in [0.25, 0.3) is 0 Å². The summed E-state index contributed by atoms with van der Waals surface area (Å²) in [5.74, 6) is -0.696. The molecule has 0 heterocycles. The number of rotatable bonds is 14. The summed E-state index contributed by atoms with van der Waals surface area (Å²) in [7, 11) is 4.15. The Labute approximate surface area is 154 Å². The van der Waals surface area contributed by atoms with E-state index in [9.17, 15) is 9.59 Å². The summed E-state index contributed by atoms with van der Waals surface area (Å²) in [6.45, 7) is 2.80. The van der Waals surface area contributed by atoms with Crippen molar-refractivity contribution in [2.75, 3.05) is 27.9 Å². The van der Waals surface area contributed by atoms with E-state index in [0.29, 0.717) is 6.54 Å². The molecular formula is C15H30NO5PS2. The molecule has 0 spiro atoms. The van der Waals surface area contributed by atoms with E-state index in [1.54, 1.807) is 0 Å². The number of amides is 1. The number of hydrogen-bond donors (Lipinski definition) is 1. The summed E-state index contributed by atoms with van der Waals surface area (Å²) < 4.78 is 15.1. The first kappa shape index (κ1) is 23.9. The highest BCUT2D eigenvalue weighted by molar-refractivity contribution is 8.68. The summed E-state index contributed by atoms with van der Waals surface area (Å²) in [5.41, 5.74) is -2.64. The maximum absolute atomic E-state index is 12.0. The maximum Gasteiger partial charge on any atom is 0.319 e. The summed E-state index contributed by atoms with van der Waals surface area (Å²) in [6.07, 6.45) is 6.95. The number of esters is 1. The number of carbonyl (C=O) groups is 2. The minimum atomic E-state index is -2.64. The van der Waals surface area contributed by atoms with Crippen LogP contribution in [-0.4, -0.2) is 45.0 Å². The zero-order chi connectivity index (χ0) is 18.4. The quantitative estimate of drug-likeness (QED) is 0.271. The molecule has 0 aromatic rings. The van der Waals surface area contributed by atoms with E-state index in [4.69, 9.17) is 25.6 Å². The van der Waals surface area contributed by atoms with Crippen molar-refractivity contribution in [3.05, 3.63) is 0 Å². The van der Waals surface area contributed by atoms with Gasteiger partial charge in [0, 0.05) is 27.2 Å². The lowest BCUT2D eigenvalue weighted by molar-refractivity contribution is -0.141. The van der Waals surface area contributed by atoms with Crippen LogP contribution in [0, 0.1) is 0 Å². The first-order valence-corrected chi connectivity index (χ1v) is 12.3. The molecule has 0 bridgehead atoms. The first-order chi connectivity index (χ1) is 11.4. The van der Waals surface area contributed by atoms with Gasteiger partial charge in [0.05, 0.1) is 7.11 Å². The molecule has 0 saturated carbocycles. The topological polar surface area (TPSA) is 73.9 Å². The van der Waals surface area contributed by atoms with E-state index < -0.39 is 16.9 Å². The van der Waals surface area contributed by atoms with Crippen molar-refractivity contribution in [1.82, 2.24) is 5.32 Å². The van der Waals surface area contributed by atoms with Gasteiger partial charge in [0.15, 0.2) is 0 Å². The fourth-order valence-electron chi connectivity index (χ4n) is 1.99. The summed E-state index contributed by atoms with van der Waals surface area (Å²) in [5, 5.41) is 2.11. The summed E-state index contributed by atoms with van der Waals surface area (Å²) >= 11 is 6.30. The van der Waals surface area contributed by atoms with Crippen LogP contribution in [0.5, 0.6) is 0 Å². The van der Waals surface area contributed by atoms with Crippen molar-refractivity contribution in [3.8, 4) is 0 Å². The van der Waals surface area contributed by atoms with Crippen LogP contribution in [0.15, 0.2) is 0 Å². The third kappa shape index (κ3) is 10.7. The van der Waals surface area contributed by atoms with Crippen molar-refractivity contribution in [1.29, 1.82) is 0 Å². The van der Waals surface area contributed by atoms with E-state index in [2.05, 4.69) is 12.2 Å². The van der Waals surface area contributed by atoms with Crippen LogP contribution in [0.2, 0.25) is 0 Å². The highest BCUT2D eigenvalue weighted by atomic mass is 32.9. The molecule has 0 aliphatic heterocycles. The van der Waals surface area contributed by atoms with Gasteiger partial charge in [-0.05, 0) is 18.2 Å². The highest BCUT2D eigenvalue weighted by Gasteiger charge is 2.31. The molecule has 0 radical (unpaired) electrons. The molecule has 9 heteroatoms. The SMILES string of the molecule is CCCCCCCCNC(=O)CC(SP(=S)(OC)OC)C(=O)OC. The Hall–Kier alpha value is -0.140. The van der Waals surface area contributed by atoms with E-state index in [0.717, 1.165) is 24.2 Å². The standard InChI is InChI=1S/C15H30NO5PS2/c1-5-6-7-8-9-10-11-16-14(17)12-13(15(18)19-2)24-22(23,20-3)21-4/h13H,5-12H2,1-4H3,(H,16,17). The largest absolute Gasteiger partial charge is 0.468 e. The van der Waals surface area contributed by atoms with Crippen LogP contribution in [-0.2, 0) is 35.2 Å². The van der Waals surface area contributed by atoms with E-state index in [1.165, 1.54) is 47.0 Å². The molecule has 0 fully saturated rings. The number of carbonyl (C=O) groups excluding carboxylic acids is 2. The lowest BCUT2D eigenvalue weighted by Crippen LogP contribution is -2.31. The molecule has 0 aromatic heterocycles. The van der Waals surface area contributed by atoms with Gasteiger partial charge in [-0.2, -0.15) is 0 Å². The van der Waals surface area contributed by atoms with Gasteiger partial charge in [0.1, 0.15) is 5.25 Å². The molecule has 1 atom stereocenters. The van der Waals surface area contributed by atoms with E-state index >= 15 is 0 Å². The molecule has 0 aliphatic carbocycles. The van der Waals surface area contributed by atoms with Gasteiger partial charge < -0.3 is 19.1 Å². The highest BCUT2D eigenvalue weighted by Crippen LogP contribution is 2.62. The molecule has 0 aromatic carbocycles. The number of hydrogen-bond acceptors (Lipinski definition) is 7. The molecule has 0 rings (SSSR count). The average Bonchev–Trinajstić information content (AvgIpc) is 2.59. The van der Waals surface area contributed by atoms with Crippen molar-refractivity contribution < 1.29 is 23.4 Å². The third-order valence-corrected chi connectivity index (χ3v) is 9.26.